The van der Waals surface area contributed by atoms with Crippen LogP contribution < -0.4 is 0 Å². The highest BCUT2D eigenvalue weighted by Crippen LogP contribution is 2.42. The molecule has 0 heterocycles. The topological polar surface area (TPSA) is 104 Å². The zero-order valence-electron chi connectivity index (χ0n) is 10.2. The van der Waals surface area contributed by atoms with Gasteiger partial charge in [0.1, 0.15) is 0 Å². The predicted molar refractivity (Wildman–Crippen MR) is 77.4 cm³/mol. The second kappa shape index (κ2) is 9.83. The molecule has 0 aliphatic heterocycles. The molecule has 18 heavy (non-hydrogen) atoms. The Morgan fingerprint density at radius 2 is 1.50 bits per heavy atom. The van der Waals surface area contributed by atoms with E-state index in [1.807, 2.05) is 0 Å². The van der Waals surface area contributed by atoms with Crippen LogP contribution in [0, 0.1) is 0 Å². The van der Waals surface area contributed by atoms with Gasteiger partial charge in [0, 0.05) is 11.5 Å². The SMILES string of the molecule is CCOP(=O)(O)CCCSSCCCP(=O)(O)O. The summed E-state index contributed by atoms with van der Waals surface area (Å²) in [6.07, 6.45) is 1.12. The van der Waals surface area contributed by atoms with Gasteiger partial charge in [-0.3, -0.25) is 9.13 Å². The lowest BCUT2D eigenvalue weighted by Gasteiger charge is -2.09. The number of hydrogen-bond donors (Lipinski definition) is 3. The molecule has 0 spiro atoms. The van der Waals surface area contributed by atoms with Crippen LogP contribution in [0.3, 0.4) is 0 Å². The normalized spacial score (nSPS) is 15.6. The lowest BCUT2D eigenvalue weighted by Crippen LogP contribution is -1.95. The van der Waals surface area contributed by atoms with Gasteiger partial charge < -0.3 is 19.2 Å². The Balaban J connectivity index is 3.37. The third-order valence-corrected chi connectivity index (χ3v) is 6.78. The summed E-state index contributed by atoms with van der Waals surface area (Å²) in [5, 5.41) is 0. The molecule has 6 nitrogen and oxygen atoms in total. The average molecular weight is 338 g/mol. The summed E-state index contributed by atoms with van der Waals surface area (Å²) < 4.78 is 26.6. The van der Waals surface area contributed by atoms with E-state index in [-0.39, 0.29) is 18.9 Å². The van der Waals surface area contributed by atoms with Gasteiger partial charge >= 0.3 is 15.2 Å². The second-order valence-electron chi connectivity index (χ2n) is 3.52. The maximum atomic E-state index is 11.3. The molecule has 1 unspecified atom stereocenters. The highest BCUT2D eigenvalue weighted by atomic mass is 33.1. The van der Waals surface area contributed by atoms with Crippen LogP contribution in [-0.4, -0.2) is 45.1 Å². The molecule has 0 aromatic carbocycles. The summed E-state index contributed by atoms with van der Waals surface area (Å²) in [5.74, 6) is 1.39. The molecule has 0 aliphatic carbocycles. The molecule has 3 N–H and O–H groups in total. The van der Waals surface area contributed by atoms with Crippen LogP contribution >= 0.6 is 36.8 Å². The van der Waals surface area contributed by atoms with E-state index in [1.165, 1.54) is 21.6 Å². The van der Waals surface area contributed by atoms with Crippen molar-refractivity contribution >= 4 is 36.8 Å². The molecule has 0 aromatic heterocycles. The molecule has 1 atom stereocenters. The lowest BCUT2D eigenvalue weighted by atomic mass is 10.6. The fraction of sp³-hybridized carbons (Fsp3) is 1.00. The van der Waals surface area contributed by atoms with Gasteiger partial charge in [0.05, 0.1) is 18.9 Å². The van der Waals surface area contributed by atoms with Crippen LogP contribution in [0.25, 0.3) is 0 Å². The van der Waals surface area contributed by atoms with Crippen molar-refractivity contribution in [1.82, 2.24) is 0 Å². The van der Waals surface area contributed by atoms with E-state index in [9.17, 15) is 14.0 Å². The molecule has 0 aliphatic rings. The Kier molecular flexibility index (Phi) is 10.4. The van der Waals surface area contributed by atoms with Crippen molar-refractivity contribution in [3.05, 3.63) is 0 Å². The van der Waals surface area contributed by atoms with Crippen LogP contribution in [0.2, 0.25) is 0 Å². The minimum Gasteiger partial charge on any atom is -0.324 e. The van der Waals surface area contributed by atoms with E-state index >= 15 is 0 Å². The highest BCUT2D eigenvalue weighted by molar-refractivity contribution is 8.76. The second-order valence-corrected chi connectivity index (χ2v) is 9.98. The molecular weight excluding hydrogens is 318 g/mol. The van der Waals surface area contributed by atoms with Crippen molar-refractivity contribution in [1.29, 1.82) is 0 Å². The minimum absolute atomic E-state index is 0.0866. The molecule has 0 aromatic rings. The van der Waals surface area contributed by atoms with Crippen molar-refractivity contribution in [3.63, 3.8) is 0 Å². The average Bonchev–Trinajstić information content (AvgIpc) is 2.20. The van der Waals surface area contributed by atoms with Gasteiger partial charge in [0.2, 0.25) is 0 Å². The van der Waals surface area contributed by atoms with Crippen molar-refractivity contribution < 1.29 is 28.3 Å². The van der Waals surface area contributed by atoms with E-state index in [2.05, 4.69) is 0 Å². The van der Waals surface area contributed by atoms with Gasteiger partial charge in [0.25, 0.3) is 0 Å². The smallest absolute Gasteiger partial charge is 0.324 e. The Morgan fingerprint density at radius 1 is 1.00 bits per heavy atom. The van der Waals surface area contributed by atoms with Crippen molar-refractivity contribution in [3.8, 4) is 0 Å². The quantitative estimate of drug-likeness (QED) is 0.300. The van der Waals surface area contributed by atoms with Crippen LogP contribution in [0.1, 0.15) is 19.8 Å². The molecule has 0 saturated carbocycles. The third-order valence-electron chi connectivity index (χ3n) is 1.76. The van der Waals surface area contributed by atoms with Gasteiger partial charge in [-0.2, -0.15) is 0 Å². The Bertz CT molecular complexity index is 308. The van der Waals surface area contributed by atoms with Crippen LogP contribution in [0.5, 0.6) is 0 Å². The molecule has 0 amide bonds. The van der Waals surface area contributed by atoms with Gasteiger partial charge in [-0.25, -0.2) is 0 Å². The van der Waals surface area contributed by atoms with Crippen LogP contribution in [-0.2, 0) is 13.7 Å². The van der Waals surface area contributed by atoms with E-state index in [0.717, 1.165) is 5.75 Å². The summed E-state index contributed by atoms with van der Waals surface area (Å²) in [7, 11) is -4.21. The largest absolute Gasteiger partial charge is 0.328 e. The predicted octanol–water partition coefficient (Wildman–Crippen LogP) is 2.55. The molecule has 0 bridgehead atoms. The van der Waals surface area contributed by atoms with Gasteiger partial charge in [0.15, 0.2) is 0 Å². The molecular formula is C8H20O6P2S2. The van der Waals surface area contributed by atoms with Crippen molar-refractivity contribution in [2.75, 3.05) is 30.4 Å². The summed E-state index contributed by atoms with van der Waals surface area (Å²) in [6, 6.07) is 0. The van der Waals surface area contributed by atoms with Crippen LogP contribution in [0.4, 0.5) is 0 Å². The summed E-state index contributed by atoms with van der Waals surface area (Å²) in [5.41, 5.74) is 0. The monoisotopic (exact) mass is 338 g/mol. The molecule has 0 saturated heterocycles. The first kappa shape index (κ1) is 19.0. The van der Waals surface area contributed by atoms with Gasteiger partial charge in [-0.15, -0.1) is 0 Å². The summed E-state index contributed by atoms with van der Waals surface area (Å²) >= 11 is 0. The van der Waals surface area contributed by atoms with E-state index < -0.39 is 15.2 Å². The maximum Gasteiger partial charge on any atom is 0.328 e. The van der Waals surface area contributed by atoms with Crippen molar-refractivity contribution in [2.24, 2.45) is 0 Å². The minimum atomic E-state index is -3.87. The van der Waals surface area contributed by atoms with Gasteiger partial charge in [-0.1, -0.05) is 21.6 Å². The summed E-state index contributed by atoms with van der Waals surface area (Å²) in [4.78, 5) is 26.5. The highest BCUT2D eigenvalue weighted by Gasteiger charge is 2.17. The molecule has 0 rings (SSSR count). The zero-order chi connectivity index (χ0) is 14.1. The molecule has 0 fully saturated rings. The molecule has 0 radical (unpaired) electrons. The van der Waals surface area contributed by atoms with Crippen molar-refractivity contribution in [2.45, 2.75) is 19.8 Å². The molecule has 10 heteroatoms. The summed E-state index contributed by atoms with van der Waals surface area (Å²) in [6.45, 7) is 1.91. The number of hydrogen-bond acceptors (Lipinski definition) is 5. The standard InChI is InChI=1S/C8H20O6P2S2/c1-2-14-16(12,13)6-4-8-18-17-7-3-5-15(9,10)11/h2-8H2,1H3,(H,12,13)(H2,9,10,11). The number of rotatable bonds is 11. The maximum absolute atomic E-state index is 11.3. The van der Waals surface area contributed by atoms with Gasteiger partial charge in [-0.05, 0) is 19.8 Å². The Morgan fingerprint density at radius 3 is 1.94 bits per heavy atom. The fourth-order valence-electron chi connectivity index (χ4n) is 1.04. The Labute approximate surface area is 115 Å². The fourth-order valence-corrected chi connectivity index (χ4v) is 5.30. The molecule has 110 valence electrons. The Hall–Kier alpha value is 1.00. The van der Waals surface area contributed by atoms with E-state index in [4.69, 9.17) is 14.3 Å². The first-order valence-electron chi connectivity index (χ1n) is 5.52. The van der Waals surface area contributed by atoms with E-state index in [0.29, 0.717) is 18.6 Å². The first-order valence-corrected chi connectivity index (χ1v) is 11.6. The third kappa shape index (κ3) is 13.4. The zero-order valence-corrected chi connectivity index (χ0v) is 13.6. The van der Waals surface area contributed by atoms with E-state index in [1.54, 1.807) is 6.92 Å². The lowest BCUT2D eigenvalue weighted by molar-refractivity contribution is 0.273. The van der Waals surface area contributed by atoms with Crippen LogP contribution in [0.15, 0.2) is 0 Å². The first-order chi connectivity index (χ1) is 8.27.